The van der Waals surface area contributed by atoms with Crippen molar-refractivity contribution >= 4 is 23.2 Å². The van der Waals surface area contributed by atoms with Crippen molar-refractivity contribution in [2.75, 3.05) is 20.3 Å². The van der Waals surface area contributed by atoms with Crippen LogP contribution < -0.4 is 24.8 Å². The summed E-state index contributed by atoms with van der Waals surface area (Å²) in [6.45, 7) is 8.05. The molecular weight excluding hydrogens is 412 g/mol. The number of ether oxygens (including phenoxy) is 3. The molecule has 31 heavy (non-hydrogen) atoms. The summed E-state index contributed by atoms with van der Waals surface area (Å²) >= 11 is 5.27. The van der Waals surface area contributed by atoms with Gasteiger partial charge in [0.05, 0.1) is 20.3 Å². The second-order valence-corrected chi connectivity index (χ2v) is 7.94. The summed E-state index contributed by atoms with van der Waals surface area (Å²) in [5, 5.41) is 6.00. The predicted octanol–water partition coefficient (Wildman–Crippen LogP) is 4.71. The van der Waals surface area contributed by atoms with Crippen LogP contribution in [0.3, 0.4) is 0 Å². The van der Waals surface area contributed by atoms with Crippen molar-refractivity contribution in [2.45, 2.75) is 40.2 Å². The lowest BCUT2D eigenvalue weighted by Gasteiger charge is -2.14. The maximum atomic E-state index is 12.5. The second-order valence-electron chi connectivity index (χ2n) is 7.53. The number of thiocarbonyl (C=S) groups is 1. The van der Waals surface area contributed by atoms with E-state index in [1.54, 1.807) is 25.3 Å². The van der Waals surface area contributed by atoms with E-state index in [4.69, 9.17) is 26.4 Å². The molecule has 2 aromatic carbocycles. The van der Waals surface area contributed by atoms with Crippen LogP contribution in [0.1, 0.15) is 49.5 Å². The van der Waals surface area contributed by atoms with Gasteiger partial charge in [0.25, 0.3) is 5.91 Å². The first-order chi connectivity index (χ1) is 14.9. The van der Waals surface area contributed by atoms with E-state index in [-0.39, 0.29) is 11.0 Å². The molecule has 0 saturated heterocycles. The van der Waals surface area contributed by atoms with E-state index < -0.39 is 0 Å². The van der Waals surface area contributed by atoms with E-state index in [1.165, 1.54) is 0 Å². The first kappa shape index (κ1) is 24.5. The largest absolute Gasteiger partial charge is 0.494 e. The minimum Gasteiger partial charge on any atom is -0.494 e. The van der Waals surface area contributed by atoms with Crippen LogP contribution in [0.15, 0.2) is 42.5 Å². The topological polar surface area (TPSA) is 68.8 Å². The average molecular weight is 445 g/mol. The van der Waals surface area contributed by atoms with Gasteiger partial charge < -0.3 is 19.5 Å². The molecule has 1 amide bonds. The molecule has 2 rings (SSSR count). The maximum absolute atomic E-state index is 12.5. The van der Waals surface area contributed by atoms with E-state index in [0.717, 1.165) is 18.4 Å². The normalized spacial score (nSPS) is 10.5. The fraction of sp³-hybridized carbons (Fsp3) is 0.417. The Labute approximate surface area is 190 Å². The van der Waals surface area contributed by atoms with Gasteiger partial charge in [-0.05, 0) is 66.9 Å². The lowest BCUT2D eigenvalue weighted by atomic mass is 10.1. The first-order valence-electron chi connectivity index (χ1n) is 10.5. The summed E-state index contributed by atoms with van der Waals surface area (Å²) in [5.74, 6) is 2.34. The fourth-order valence-corrected chi connectivity index (χ4v) is 2.86. The van der Waals surface area contributed by atoms with Crippen molar-refractivity contribution < 1.29 is 19.0 Å². The molecule has 0 aliphatic carbocycles. The molecule has 0 bridgehead atoms. The van der Waals surface area contributed by atoms with Crippen LogP contribution >= 0.6 is 12.2 Å². The van der Waals surface area contributed by atoms with Crippen molar-refractivity contribution in [1.82, 2.24) is 10.6 Å². The van der Waals surface area contributed by atoms with Crippen LogP contribution in [-0.2, 0) is 6.54 Å². The molecule has 6 nitrogen and oxygen atoms in total. The summed E-state index contributed by atoms with van der Waals surface area (Å²) in [4.78, 5) is 12.5. The first-order valence-corrected chi connectivity index (χ1v) is 11.0. The summed E-state index contributed by atoms with van der Waals surface area (Å²) in [6.07, 6.45) is 1.88. The highest BCUT2D eigenvalue weighted by Crippen LogP contribution is 2.28. The van der Waals surface area contributed by atoms with Crippen LogP contribution in [0.4, 0.5) is 0 Å². The van der Waals surface area contributed by atoms with Gasteiger partial charge in [-0.15, -0.1) is 0 Å². The summed E-state index contributed by atoms with van der Waals surface area (Å²) in [5.41, 5.74) is 1.45. The monoisotopic (exact) mass is 444 g/mol. The molecule has 0 aliphatic heterocycles. The van der Waals surface area contributed by atoms with Crippen molar-refractivity contribution in [3.63, 3.8) is 0 Å². The molecule has 168 valence electrons. The van der Waals surface area contributed by atoms with Gasteiger partial charge in [0, 0.05) is 12.1 Å². The van der Waals surface area contributed by atoms with E-state index in [0.29, 0.717) is 48.5 Å². The smallest absolute Gasteiger partial charge is 0.257 e. The Kier molecular flexibility index (Phi) is 10.1. The Morgan fingerprint density at radius 1 is 1.06 bits per heavy atom. The molecule has 0 saturated carbocycles. The number of carbonyl (C=O) groups is 1. The van der Waals surface area contributed by atoms with Crippen molar-refractivity contribution in [3.8, 4) is 17.2 Å². The zero-order chi connectivity index (χ0) is 22.6. The lowest BCUT2D eigenvalue weighted by molar-refractivity contribution is 0.0976. The second kappa shape index (κ2) is 12.8. The van der Waals surface area contributed by atoms with Gasteiger partial charge in [-0.25, -0.2) is 0 Å². The van der Waals surface area contributed by atoms with Crippen LogP contribution in [0.5, 0.6) is 17.2 Å². The minimum absolute atomic E-state index is 0.251. The zero-order valence-electron chi connectivity index (χ0n) is 18.7. The molecule has 0 radical (unpaired) electrons. The number of methoxy groups -OCH3 is 1. The van der Waals surface area contributed by atoms with E-state index in [1.807, 2.05) is 31.2 Å². The Morgan fingerprint density at radius 3 is 2.58 bits per heavy atom. The molecule has 0 aliphatic rings. The van der Waals surface area contributed by atoms with Gasteiger partial charge in [0.15, 0.2) is 16.6 Å². The molecule has 0 spiro atoms. The number of amides is 1. The SMILES string of the molecule is CCCOc1cccc(C(=O)NC(=S)NCc2ccc(OCCC(C)C)c(OC)c2)c1. The van der Waals surface area contributed by atoms with Gasteiger partial charge in [-0.1, -0.05) is 32.9 Å². The van der Waals surface area contributed by atoms with Gasteiger partial charge in [-0.2, -0.15) is 0 Å². The highest BCUT2D eigenvalue weighted by Gasteiger charge is 2.10. The van der Waals surface area contributed by atoms with Crippen molar-refractivity contribution in [1.29, 1.82) is 0 Å². The Bertz CT molecular complexity index is 870. The lowest BCUT2D eigenvalue weighted by Crippen LogP contribution is -2.38. The molecule has 0 atom stereocenters. The molecular formula is C24H32N2O4S. The number of hydrogen-bond donors (Lipinski definition) is 2. The molecule has 0 unspecified atom stereocenters. The Morgan fingerprint density at radius 2 is 1.87 bits per heavy atom. The van der Waals surface area contributed by atoms with Crippen LogP contribution in [0.2, 0.25) is 0 Å². The quantitative estimate of drug-likeness (QED) is 0.489. The van der Waals surface area contributed by atoms with E-state index in [2.05, 4.69) is 24.5 Å². The third-order valence-electron chi connectivity index (χ3n) is 4.43. The number of nitrogens with one attached hydrogen (secondary N) is 2. The van der Waals surface area contributed by atoms with Gasteiger partial charge >= 0.3 is 0 Å². The number of hydrogen-bond acceptors (Lipinski definition) is 5. The molecule has 0 fully saturated rings. The predicted molar refractivity (Wildman–Crippen MR) is 127 cm³/mol. The molecule has 0 heterocycles. The maximum Gasteiger partial charge on any atom is 0.257 e. The van der Waals surface area contributed by atoms with Crippen molar-refractivity contribution in [2.24, 2.45) is 5.92 Å². The Balaban J connectivity index is 1.88. The number of benzene rings is 2. The van der Waals surface area contributed by atoms with E-state index >= 15 is 0 Å². The highest BCUT2D eigenvalue weighted by molar-refractivity contribution is 7.80. The third kappa shape index (κ3) is 8.45. The highest BCUT2D eigenvalue weighted by atomic mass is 32.1. The molecule has 7 heteroatoms. The van der Waals surface area contributed by atoms with Gasteiger partial charge in [0.2, 0.25) is 0 Å². The van der Waals surface area contributed by atoms with Crippen LogP contribution in [0, 0.1) is 5.92 Å². The van der Waals surface area contributed by atoms with Gasteiger partial charge in [0.1, 0.15) is 5.75 Å². The Hall–Kier alpha value is -2.80. The minimum atomic E-state index is -0.286. The van der Waals surface area contributed by atoms with Crippen molar-refractivity contribution in [3.05, 3.63) is 53.6 Å². The fourth-order valence-electron chi connectivity index (χ4n) is 2.69. The molecule has 0 aromatic heterocycles. The summed E-state index contributed by atoms with van der Waals surface area (Å²) < 4.78 is 16.8. The zero-order valence-corrected chi connectivity index (χ0v) is 19.5. The van der Waals surface area contributed by atoms with Crippen LogP contribution in [-0.4, -0.2) is 31.3 Å². The number of rotatable bonds is 11. The summed E-state index contributed by atoms with van der Waals surface area (Å²) in [7, 11) is 1.62. The van der Waals surface area contributed by atoms with E-state index in [9.17, 15) is 4.79 Å². The standard InChI is InChI=1S/C24H32N2O4S/c1-5-12-29-20-8-6-7-19(15-20)23(27)26-24(31)25-16-18-9-10-21(22(14-18)28-4)30-13-11-17(2)3/h6-10,14-15,17H,5,11-13,16H2,1-4H3,(H2,25,26,27,31). The van der Waals surface area contributed by atoms with Gasteiger partial charge in [-0.3, -0.25) is 10.1 Å². The average Bonchev–Trinajstić information content (AvgIpc) is 2.76. The number of carbonyl (C=O) groups excluding carboxylic acids is 1. The third-order valence-corrected chi connectivity index (χ3v) is 4.68. The molecule has 2 N–H and O–H groups in total. The molecule has 2 aromatic rings. The summed E-state index contributed by atoms with van der Waals surface area (Å²) in [6, 6.07) is 12.8. The van der Waals surface area contributed by atoms with Crippen LogP contribution in [0.25, 0.3) is 0 Å².